The molecule has 0 spiro atoms. The second-order valence-corrected chi connectivity index (χ2v) is 6.01. The molecule has 0 aliphatic carbocycles. The van der Waals surface area contributed by atoms with Gasteiger partial charge in [0.15, 0.2) is 0 Å². The number of rotatable bonds is 3. The highest BCUT2D eigenvalue weighted by Crippen LogP contribution is 2.38. The maximum Gasteiger partial charge on any atom is 0.236 e. The molecule has 3 saturated heterocycles. The van der Waals surface area contributed by atoms with E-state index in [0.29, 0.717) is 38.8 Å². The number of hydrogen-bond donors (Lipinski definition) is 2. The molecule has 1 amide bonds. The van der Waals surface area contributed by atoms with E-state index >= 15 is 0 Å². The molecule has 3 rings (SSSR count). The van der Waals surface area contributed by atoms with E-state index < -0.39 is 0 Å². The highest BCUT2D eigenvalue weighted by atomic mass is 16.5. The maximum atomic E-state index is 12.2. The highest BCUT2D eigenvalue weighted by Gasteiger charge is 2.49. The number of ether oxygens (including phenoxy) is 1. The van der Waals surface area contributed by atoms with Crippen LogP contribution < -0.4 is 5.32 Å². The summed E-state index contributed by atoms with van der Waals surface area (Å²) in [7, 11) is 0. The molecule has 3 fully saturated rings. The van der Waals surface area contributed by atoms with Gasteiger partial charge in [-0.25, -0.2) is 0 Å². The number of nitrogens with one attached hydrogen (secondary N) is 1. The summed E-state index contributed by atoms with van der Waals surface area (Å²) in [6, 6.07) is 0. The predicted octanol–water partition coefficient (Wildman–Crippen LogP) is -1.64. The first kappa shape index (κ1) is 13.3. The molecule has 0 aromatic rings. The SMILES string of the molecule is O=C(CN1CC2CNCC2(CO)C1)N1CCOCC1. The molecule has 0 aromatic carbocycles. The van der Waals surface area contributed by atoms with Crippen molar-refractivity contribution in [1.82, 2.24) is 15.1 Å². The van der Waals surface area contributed by atoms with Crippen molar-refractivity contribution < 1.29 is 14.6 Å². The predicted molar refractivity (Wildman–Crippen MR) is 69.7 cm³/mol. The van der Waals surface area contributed by atoms with Gasteiger partial charge in [0, 0.05) is 38.1 Å². The topological polar surface area (TPSA) is 65.0 Å². The first-order valence-corrected chi connectivity index (χ1v) is 7.13. The molecule has 3 aliphatic heterocycles. The lowest BCUT2D eigenvalue weighted by molar-refractivity contribution is -0.136. The summed E-state index contributed by atoms with van der Waals surface area (Å²) >= 11 is 0. The zero-order chi connectivity index (χ0) is 13.3. The van der Waals surface area contributed by atoms with Crippen LogP contribution in [-0.4, -0.2) is 86.4 Å². The molecular weight excluding hydrogens is 246 g/mol. The smallest absolute Gasteiger partial charge is 0.236 e. The van der Waals surface area contributed by atoms with E-state index in [4.69, 9.17) is 4.74 Å². The van der Waals surface area contributed by atoms with Gasteiger partial charge in [-0.05, 0) is 12.5 Å². The van der Waals surface area contributed by atoms with Crippen molar-refractivity contribution in [3.63, 3.8) is 0 Å². The zero-order valence-electron chi connectivity index (χ0n) is 11.3. The molecule has 3 aliphatic rings. The number of fused-ring (bicyclic) bond motifs is 1. The van der Waals surface area contributed by atoms with Gasteiger partial charge in [-0.15, -0.1) is 0 Å². The third kappa shape index (κ3) is 2.50. The summed E-state index contributed by atoms with van der Waals surface area (Å²) < 4.78 is 5.27. The number of carbonyl (C=O) groups excluding carboxylic acids is 1. The Hall–Kier alpha value is -0.690. The average Bonchev–Trinajstić information content (AvgIpc) is 2.96. The Morgan fingerprint density at radius 3 is 2.89 bits per heavy atom. The van der Waals surface area contributed by atoms with Gasteiger partial charge in [0.1, 0.15) is 0 Å². The molecule has 0 aromatic heterocycles. The van der Waals surface area contributed by atoms with Crippen LogP contribution in [0.25, 0.3) is 0 Å². The Bertz CT molecular complexity index is 346. The van der Waals surface area contributed by atoms with E-state index in [2.05, 4.69) is 10.2 Å². The Balaban J connectivity index is 1.55. The molecule has 3 heterocycles. The van der Waals surface area contributed by atoms with Crippen molar-refractivity contribution >= 4 is 5.91 Å². The Kier molecular flexibility index (Phi) is 3.75. The zero-order valence-corrected chi connectivity index (χ0v) is 11.3. The van der Waals surface area contributed by atoms with E-state index in [1.54, 1.807) is 0 Å². The Morgan fingerprint density at radius 1 is 1.42 bits per heavy atom. The molecule has 2 N–H and O–H groups in total. The number of amides is 1. The van der Waals surface area contributed by atoms with Crippen LogP contribution in [0.4, 0.5) is 0 Å². The van der Waals surface area contributed by atoms with Gasteiger partial charge in [0.05, 0.1) is 26.4 Å². The summed E-state index contributed by atoms with van der Waals surface area (Å²) in [5, 5.41) is 13.0. The molecule has 19 heavy (non-hydrogen) atoms. The van der Waals surface area contributed by atoms with Crippen LogP contribution in [0.2, 0.25) is 0 Å². The van der Waals surface area contributed by atoms with E-state index in [-0.39, 0.29) is 17.9 Å². The van der Waals surface area contributed by atoms with Crippen LogP contribution in [0.5, 0.6) is 0 Å². The van der Waals surface area contributed by atoms with Gasteiger partial charge < -0.3 is 20.1 Å². The number of aliphatic hydroxyl groups excluding tert-OH is 1. The fraction of sp³-hybridized carbons (Fsp3) is 0.923. The third-order valence-electron chi connectivity index (χ3n) is 4.79. The monoisotopic (exact) mass is 269 g/mol. The number of morpholine rings is 1. The van der Waals surface area contributed by atoms with Crippen LogP contribution >= 0.6 is 0 Å². The van der Waals surface area contributed by atoms with E-state index in [9.17, 15) is 9.90 Å². The summed E-state index contributed by atoms with van der Waals surface area (Å²) in [5.74, 6) is 0.680. The van der Waals surface area contributed by atoms with E-state index in [0.717, 1.165) is 26.2 Å². The average molecular weight is 269 g/mol. The molecule has 6 nitrogen and oxygen atoms in total. The summed E-state index contributed by atoms with van der Waals surface area (Å²) in [6.45, 7) is 7.01. The van der Waals surface area contributed by atoms with Gasteiger partial charge >= 0.3 is 0 Å². The number of carbonyl (C=O) groups is 1. The number of aliphatic hydroxyl groups is 1. The minimum Gasteiger partial charge on any atom is -0.396 e. The minimum absolute atomic E-state index is 0.0225. The van der Waals surface area contributed by atoms with Crippen molar-refractivity contribution in [2.24, 2.45) is 11.3 Å². The maximum absolute atomic E-state index is 12.2. The first-order chi connectivity index (χ1) is 9.23. The van der Waals surface area contributed by atoms with Gasteiger partial charge in [-0.3, -0.25) is 9.69 Å². The molecule has 0 bridgehead atoms. The van der Waals surface area contributed by atoms with Crippen molar-refractivity contribution in [2.75, 3.05) is 65.6 Å². The normalized spacial score (nSPS) is 35.6. The highest BCUT2D eigenvalue weighted by molar-refractivity contribution is 5.78. The number of likely N-dealkylation sites (tertiary alicyclic amines) is 1. The van der Waals surface area contributed by atoms with Crippen molar-refractivity contribution in [3.8, 4) is 0 Å². The molecule has 2 atom stereocenters. The second-order valence-electron chi connectivity index (χ2n) is 6.01. The van der Waals surface area contributed by atoms with Crippen LogP contribution in [0.1, 0.15) is 0 Å². The number of nitrogens with zero attached hydrogens (tertiary/aromatic N) is 2. The fourth-order valence-electron chi connectivity index (χ4n) is 3.58. The molecule has 2 unspecified atom stereocenters. The molecule has 108 valence electrons. The van der Waals surface area contributed by atoms with Crippen LogP contribution in [-0.2, 0) is 9.53 Å². The lowest BCUT2D eigenvalue weighted by Gasteiger charge is -2.29. The van der Waals surface area contributed by atoms with Gasteiger partial charge in [-0.1, -0.05) is 0 Å². The van der Waals surface area contributed by atoms with Gasteiger partial charge in [-0.2, -0.15) is 0 Å². The van der Waals surface area contributed by atoms with E-state index in [1.165, 1.54) is 0 Å². The van der Waals surface area contributed by atoms with E-state index in [1.807, 2.05) is 4.90 Å². The van der Waals surface area contributed by atoms with Gasteiger partial charge in [0.2, 0.25) is 5.91 Å². The lowest BCUT2D eigenvalue weighted by atomic mass is 9.82. The summed E-state index contributed by atoms with van der Waals surface area (Å²) in [6.07, 6.45) is 0. The molecule has 0 saturated carbocycles. The fourth-order valence-corrected chi connectivity index (χ4v) is 3.58. The largest absolute Gasteiger partial charge is 0.396 e. The Labute approximate surface area is 113 Å². The van der Waals surface area contributed by atoms with Crippen LogP contribution in [0.3, 0.4) is 0 Å². The lowest BCUT2D eigenvalue weighted by Crippen LogP contribution is -2.46. The minimum atomic E-state index is -0.0225. The molecule has 0 radical (unpaired) electrons. The Morgan fingerprint density at radius 2 is 2.21 bits per heavy atom. The van der Waals surface area contributed by atoms with Crippen LogP contribution in [0, 0.1) is 11.3 Å². The van der Waals surface area contributed by atoms with Crippen molar-refractivity contribution in [3.05, 3.63) is 0 Å². The van der Waals surface area contributed by atoms with Crippen LogP contribution in [0.15, 0.2) is 0 Å². The second kappa shape index (κ2) is 5.36. The molecule has 6 heteroatoms. The van der Waals surface area contributed by atoms with Crippen molar-refractivity contribution in [1.29, 1.82) is 0 Å². The quantitative estimate of drug-likeness (QED) is 0.643. The first-order valence-electron chi connectivity index (χ1n) is 7.13. The summed E-state index contributed by atoms with van der Waals surface area (Å²) in [4.78, 5) is 16.3. The third-order valence-corrected chi connectivity index (χ3v) is 4.79. The van der Waals surface area contributed by atoms with Gasteiger partial charge in [0.25, 0.3) is 0 Å². The van der Waals surface area contributed by atoms with Crippen molar-refractivity contribution in [2.45, 2.75) is 0 Å². The standard InChI is InChI=1S/C13H23N3O3/c17-10-13-8-14-5-11(13)6-15(9-13)7-12(18)16-1-3-19-4-2-16/h11,14,17H,1-10H2. The molecular formula is C13H23N3O3. The number of hydrogen-bond acceptors (Lipinski definition) is 5. The summed E-state index contributed by atoms with van der Waals surface area (Å²) in [5.41, 5.74) is -0.0225.